The zero-order valence-corrected chi connectivity index (χ0v) is 23.0. The maximum absolute atomic E-state index is 12.3. The molecule has 0 spiro atoms. The third kappa shape index (κ3) is 5.43. The third-order valence-electron chi connectivity index (χ3n) is 6.73. The number of rotatable bonds is 7. The molecular weight excluding hydrogens is 512 g/mol. The predicted molar refractivity (Wildman–Crippen MR) is 160 cm³/mol. The summed E-state index contributed by atoms with van der Waals surface area (Å²) in [7, 11) is 1.38. The molecular formula is C34H28N4O3. The van der Waals surface area contributed by atoms with E-state index >= 15 is 0 Å². The Labute approximate surface area is 238 Å². The van der Waals surface area contributed by atoms with Crippen molar-refractivity contribution < 1.29 is 14.3 Å². The summed E-state index contributed by atoms with van der Waals surface area (Å²) in [6.07, 6.45) is 3.49. The first kappa shape index (κ1) is 26.0. The van der Waals surface area contributed by atoms with Crippen molar-refractivity contribution in [1.29, 1.82) is 0 Å². The van der Waals surface area contributed by atoms with Crippen LogP contribution >= 0.6 is 0 Å². The predicted octanol–water partition coefficient (Wildman–Crippen LogP) is 7.39. The number of hydrogen-bond donors (Lipinski definition) is 0. The summed E-state index contributed by atoms with van der Waals surface area (Å²) in [5, 5.41) is 4.98. The van der Waals surface area contributed by atoms with Gasteiger partial charge in [0.15, 0.2) is 0 Å². The summed E-state index contributed by atoms with van der Waals surface area (Å²) in [5.41, 5.74) is 8.58. The van der Waals surface area contributed by atoms with E-state index in [0.717, 1.165) is 56.1 Å². The fourth-order valence-electron chi connectivity index (χ4n) is 4.76. The maximum Gasteiger partial charge on any atom is 0.337 e. The van der Waals surface area contributed by atoms with Crippen LogP contribution < -0.4 is 4.74 Å². The number of hydrogen-bond acceptors (Lipinski definition) is 6. The Morgan fingerprint density at radius 3 is 2.10 bits per heavy atom. The highest BCUT2D eigenvalue weighted by molar-refractivity contribution is 5.90. The standard InChI is InChI=1S/C34H28N4O3/c1-22(2)41-29-14-11-24(12-15-29)23-7-9-25(10-8-23)33-21-31(26-13-16-30-32(20-26)36-18-17-35-30)37-38(33)28-6-4-5-27(19-28)34(39)40-3/h4-22H,1-3H3. The van der Waals surface area contributed by atoms with Gasteiger partial charge in [0.2, 0.25) is 0 Å². The van der Waals surface area contributed by atoms with Crippen molar-refractivity contribution >= 4 is 17.0 Å². The minimum absolute atomic E-state index is 0.130. The van der Waals surface area contributed by atoms with Crippen LogP contribution in [0.3, 0.4) is 0 Å². The summed E-state index contributed by atoms with van der Waals surface area (Å²) < 4.78 is 12.6. The van der Waals surface area contributed by atoms with Crippen LogP contribution in [-0.4, -0.2) is 38.9 Å². The van der Waals surface area contributed by atoms with Crippen molar-refractivity contribution in [1.82, 2.24) is 19.7 Å². The first-order valence-corrected chi connectivity index (χ1v) is 13.4. The normalized spacial score (nSPS) is 11.1. The zero-order valence-electron chi connectivity index (χ0n) is 23.0. The van der Waals surface area contributed by atoms with Crippen LogP contribution in [0.15, 0.2) is 109 Å². The number of fused-ring (bicyclic) bond motifs is 1. The molecule has 202 valence electrons. The van der Waals surface area contributed by atoms with Crippen molar-refractivity contribution in [3.63, 3.8) is 0 Å². The molecule has 41 heavy (non-hydrogen) atoms. The van der Waals surface area contributed by atoms with Crippen LogP contribution in [0, 0.1) is 0 Å². The summed E-state index contributed by atoms with van der Waals surface area (Å²) in [5.74, 6) is 0.453. The minimum atomic E-state index is -0.400. The van der Waals surface area contributed by atoms with Crippen molar-refractivity contribution in [3.8, 4) is 45.1 Å². The molecule has 0 saturated heterocycles. The van der Waals surface area contributed by atoms with Crippen LogP contribution in [0.4, 0.5) is 0 Å². The Balaban J connectivity index is 1.41. The van der Waals surface area contributed by atoms with Gasteiger partial charge in [-0.25, -0.2) is 9.48 Å². The fourth-order valence-corrected chi connectivity index (χ4v) is 4.76. The van der Waals surface area contributed by atoms with Gasteiger partial charge in [0.1, 0.15) is 5.75 Å². The van der Waals surface area contributed by atoms with E-state index in [9.17, 15) is 4.79 Å². The van der Waals surface area contributed by atoms with Gasteiger partial charge in [-0.3, -0.25) is 9.97 Å². The minimum Gasteiger partial charge on any atom is -0.491 e. The van der Waals surface area contributed by atoms with Gasteiger partial charge >= 0.3 is 5.97 Å². The van der Waals surface area contributed by atoms with Gasteiger partial charge in [0.05, 0.1) is 46.9 Å². The second kappa shape index (κ2) is 11.1. The van der Waals surface area contributed by atoms with E-state index in [1.54, 1.807) is 24.5 Å². The molecule has 0 aliphatic heterocycles. The molecule has 0 N–H and O–H groups in total. The summed E-state index contributed by atoms with van der Waals surface area (Å²) in [4.78, 5) is 21.1. The monoisotopic (exact) mass is 540 g/mol. The SMILES string of the molecule is COC(=O)c1cccc(-n2nc(-c3ccc4nccnc4c3)cc2-c2ccc(-c3ccc(OC(C)C)cc3)cc2)c1. The van der Waals surface area contributed by atoms with Crippen LogP contribution in [0.2, 0.25) is 0 Å². The van der Waals surface area contributed by atoms with Crippen molar-refractivity contribution in [3.05, 3.63) is 115 Å². The number of benzene rings is 4. The number of nitrogens with zero attached hydrogens (tertiary/aromatic N) is 4. The van der Waals surface area contributed by atoms with E-state index in [4.69, 9.17) is 14.6 Å². The van der Waals surface area contributed by atoms with Crippen molar-refractivity contribution in [2.45, 2.75) is 20.0 Å². The van der Waals surface area contributed by atoms with Crippen molar-refractivity contribution in [2.24, 2.45) is 0 Å². The number of methoxy groups -OCH3 is 1. The molecule has 2 heterocycles. The van der Waals surface area contributed by atoms with Gasteiger partial charge in [-0.05, 0) is 73.5 Å². The van der Waals surface area contributed by atoms with E-state index < -0.39 is 5.97 Å². The molecule has 4 aromatic carbocycles. The topological polar surface area (TPSA) is 79.1 Å². The smallest absolute Gasteiger partial charge is 0.337 e. The second-order valence-electron chi connectivity index (χ2n) is 9.90. The summed E-state index contributed by atoms with van der Waals surface area (Å²) >= 11 is 0. The van der Waals surface area contributed by atoms with E-state index in [0.29, 0.717) is 5.56 Å². The van der Waals surface area contributed by atoms with E-state index in [2.05, 4.69) is 52.4 Å². The molecule has 0 unspecified atom stereocenters. The quantitative estimate of drug-likeness (QED) is 0.197. The molecule has 0 amide bonds. The van der Waals surface area contributed by atoms with Crippen molar-refractivity contribution in [2.75, 3.05) is 7.11 Å². The fraction of sp³-hybridized carbons (Fsp3) is 0.118. The molecule has 0 fully saturated rings. The first-order valence-electron chi connectivity index (χ1n) is 13.4. The Hall–Kier alpha value is -5.30. The van der Waals surface area contributed by atoms with Crippen LogP contribution in [-0.2, 0) is 4.74 Å². The van der Waals surface area contributed by atoms with Gasteiger partial charge in [-0.15, -0.1) is 0 Å². The Morgan fingerprint density at radius 1 is 0.732 bits per heavy atom. The first-order chi connectivity index (χ1) is 20.0. The third-order valence-corrected chi connectivity index (χ3v) is 6.73. The molecule has 0 radical (unpaired) electrons. The number of aromatic nitrogens is 4. The largest absolute Gasteiger partial charge is 0.491 e. The molecule has 6 aromatic rings. The van der Waals surface area contributed by atoms with E-state index in [1.807, 2.05) is 61.0 Å². The van der Waals surface area contributed by atoms with E-state index in [1.165, 1.54) is 7.11 Å². The molecule has 0 saturated carbocycles. The lowest BCUT2D eigenvalue weighted by Crippen LogP contribution is -2.05. The average molecular weight is 541 g/mol. The van der Waals surface area contributed by atoms with Gasteiger partial charge < -0.3 is 9.47 Å². The van der Waals surface area contributed by atoms with Crippen LogP contribution in [0.5, 0.6) is 5.75 Å². The lowest BCUT2D eigenvalue weighted by atomic mass is 10.0. The van der Waals surface area contributed by atoms with E-state index in [-0.39, 0.29) is 6.10 Å². The number of ether oxygens (including phenoxy) is 2. The lowest BCUT2D eigenvalue weighted by molar-refractivity contribution is 0.0600. The van der Waals surface area contributed by atoms with Crippen LogP contribution in [0.1, 0.15) is 24.2 Å². The highest BCUT2D eigenvalue weighted by Gasteiger charge is 2.16. The summed E-state index contributed by atoms with van der Waals surface area (Å²) in [6, 6.07) is 31.7. The molecule has 6 rings (SSSR count). The van der Waals surface area contributed by atoms with Gasteiger partial charge in [0.25, 0.3) is 0 Å². The molecule has 2 aromatic heterocycles. The molecule has 0 aliphatic rings. The zero-order chi connectivity index (χ0) is 28.3. The lowest BCUT2D eigenvalue weighted by Gasteiger charge is -2.11. The molecule has 0 aliphatic carbocycles. The highest BCUT2D eigenvalue weighted by atomic mass is 16.5. The average Bonchev–Trinajstić information content (AvgIpc) is 3.46. The van der Waals surface area contributed by atoms with Gasteiger partial charge in [-0.1, -0.05) is 48.5 Å². The molecule has 7 nitrogen and oxygen atoms in total. The number of carbonyl (C=O) groups is 1. The highest BCUT2D eigenvalue weighted by Crippen LogP contribution is 2.32. The Bertz CT molecular complexity index is 1840. The Morgan fingerprint density at radius 2 is 1.39 bits per heavy atom. The maximum atomic E-state index is 12.3. The molecule has 7 heteroatoms. The molecule has 0 bridgehead atoms. The van der Waals surface area contributed by atoms with Gasteiger partial charge in [-0.2, -0.15) is 5.10 Å². The Kier molecular flexibility index (Phi) is 7.00. The van der Waals surface area contributed by atoms with Gasteiger partial charge in [0, 0.05) is 23.5 Å². The number of carbonyl (C=O) groups excluding carboxylic acids is 1. The molecule has 0 atom stereocenters. The summed E-state index contributed by atoms with van der Waals surface area (Å²) in [6.45, 7) is 4.03. The van der Waals surface area contributed by atoms with Crippen LogP contribution in [0.25, 0.3) is 50.4 Å². The second-order valence-corrected chi connectivity index (χ2v) is 9.90. The number of esters is 1.